The van der Waals surface area contributed by atoms with Crippen LogP contribution in [0.3, 0.4) is 0 Å². The Balaban J connectivity index is 2.72. The Morgan fingerprint density at radius 3 is 2.37 bits per heavy atom. The van der Waals surface area contributed by atoms with Gasteiger partial charge < -0.3 is 4.74 Å². The monoisotopic (exact) mass is 270 g/mol. The molecule has 19 heavy (non-hydrogen) atoms. The number of carbonyl (C=O) groups excluding carboxylic acids is 1. The fraction of sp³-hybridized carbons (Fsp3) is 0.933. The molecule has 2 unspecified atom stereocenters. The van der Waals surface area contributed by atoms with Crippen molar-refractivity contribution in [3.05, 3.63) is 0 Å². The average Bonchev–Trinajstić information content (AvgIpc) is 3.11. The Hall–Kier alpha value is -0.610. The first kappa shape index (κ1) is 16.4. The van der Waals surface area contributed by atoms with E-state index in [1.807, 2.05) is 6.92 Å². The summed E-state index contributed by atoms with van der Waals surface area (Å²) in [6, 6.07) is 1.33. The minimum absolute atomic E-state index is 0.147. The lowest BCUT2D eigenvalue weighted by Gasteiger charge is -2.37. The molecule has 0 heterocycles. The van der Waals surface area contributed by atoms with Gasteiger partial charge in [-0.2, -0.15) is 0 Å². The van der Waals surface area contributed by atoms with Crippen LogP contribution >= 0.6 is 0 Å². The van der Waals surface area contributed by atoms with Crippen LogP contribution < -0.4 is 5.32 Å². The van der Waals surface area contributed by atoms with Gasteiger partial charge in [-0.25, -0.2) is 0 Å². The smallest absolute Gasteiger partial charge is 0.325 e. The second kappa shape index (κ2) is 6.71. The summed E-state index contributed by atoms with van der Waals surface area (Å²) in [5.41, 5.74) is -0.572. The average molecular weight is 270 g/mol. The van der Waals surface area contributed by atoms with Gasteiger partial charge in [0.2, 0.25) is 0 Å². The number of methoxy groups -OCH3 is 1. The Labute approximate surface area is 117 Å². The van der Waals surface area contributed by atoms with Crippen LogP contribution in [0.2, 0.25) is 0 Å². The van der Waals surface area contributed by atoms with Crippen LogP contribution in [0, 0.1) is 0 Å². The third kappa shape index (κ3) is 4.46. The molecule has 0 saturated heterocycles. The van der Waals surface area contributed by atoms with E-state index in [4.69, 9.17) is 4.74 Å². The molecule has 2 atom stereocenters. The molecule has 0 amide bonds. The number of carbonyl (C=O) groups is 1. The SMILES string of the molecule is CCN(C(C)C)C(C)CC(C)(NC1CC1)C(=O)OC. The number of hydrogen-bond donors (Lipinski definition) is 1. The highest BCUT2D eigenvalue weighted by Crippen LogP contribution is 2.27. The number of nitrogens with one attached hydrogen (secondary N) is 1. The van der Waals surface area contributed by atoms with Gasteiger partial charge in [0.15, 0.2) is 0 Å². The molecule has 1 fully saturated rings. The minimum Gasteiger partial charge on any atom is -0.468 e. The van der Waals surface area contributed by atoms with Gasteiger partial charge in [0, 0.05) is 18.1 Å². The molecule has 0 spiro atoms. The third-order valence-corrected chi connectivity index (χ3v) is 4.03. The van der Waals surface area contributed by atoms with Gasteiger partial charge in [0.25, 0.3) is 0 Å². The zero-order valence-corrected chi connectivity index (χ0v) is 13.3. The van der Waals surface area contributed by atoms with Gasteiger partial charge in [0.1, 0.15) is 5.54 Å². The van der Waals surface area contributed by atoms with E-state index in [2.05, 4.69) is 37.9 Å². The van der Waals surface area contributed by atoms with Crippen molar-refractivity contribution in [3.8, 4) is 0 Å². The predicted octanol–water partition coefficient (Wildman–Crippen LogP) is 2.18. The van der Waals surface area contributed by atoms with Crippen LogP contribution in [0.25, 0.3) is 0 Å². The Morgan fingerprint density at radius 1 is 1.42 bits per heavy atom. The van der Waals surface area contributed by atoms with E-state index >= 15 is 0 Å². The normalized spacial score (nSPS) is 20.4. The van der Waals surface area contributed by atoms with Crippen molar-refractivity contribution in [2.24, 2.45) is 0 Å². The van der Waals surface area contributed by atoms with E-state index in [0.29, 0.717) is 18.1 Å². The molecule has 0 bridgehead atoms. The van der Waals surface area contributed by atoms with Crippen molar-refractivity contribution < 1.29 is 9.53 Å². The molecule has 0 radical (unpaired) electrons. The molecule has 0 aromatic heterocycles. The topological polar surface area (TPSA) is 41.6 Å². The van der Waals surface area contributed by atoms with Crippen LogP contribution in [0.5, 0.6) is 0 Å². The summed E-state index contributed by atoms with van der Waals surface area (Å²) in [5.74, 6) is -0.147. The van der Waals surface area contributed by atoms with Gasteiger partial charge in [-0.3, -0.25) is 15.0 Å². The van der Waals surface area contributed by atoms with Gasteiger partial charge in [-0.15, -0.1) is 0 Å². The van der Waals surface area contributed by atoms with Crippen molar-refractivity contribution in [1.82, 2.24) is 10.2 Å². The lowest BCUT2D eigenvalue weighted by atomic mass is 9.92. The van der Waals surface area contributed by atoms with Gasteiger partial charge in [-0.05, 0) is 53.5 Å². The van der Waals surface area contributed by atoms with Crippen LogP contribution in [0.15, 0.2) is 0 Å². The van der Waals surface area contributed by atoms with Gasteiger partial charge in [-0.1, -0.05) is 6.92 Å². The van der Waals surface area contributed by atoms with Crippen molar-refractivity contribution in [2.45, 2.75) is 77.5 Å². The molecule has 1 aliphatic carbocycles. The Kier molecular flexibility index (Phi) is 5.81. The van der Waals surface area contributed by atoms with Gasteiger partial charge in [0.05, 0.1) is 7.11 Å². The van der Waals surface area contributed by atoms with E-state index in [9.17, 15) is 4.79 Å². The molecular weight excluding hydrogens is 240 g/mol. The Bertz CT molecular complexity index is 303. The third-order valence-electron chi connectivity index (χ3n) is 4.03. The summed E-state index contributed by atoms with van der Waals surface area (Å²) in [6.07, 6.45) is 3.12. The molecule has 0 aromatic rings. The first-order valence-corrected chi connectivity index (χ1v) is 7.46. The van der Waals surface area contributed by atoms with Crippen molar-refractivity contribution in [2.75, 3.05) is 13.7 Å². The van der Waals surface area contributed by atoms with Gasteiger partial charge >= 0.3 is 5.97 Å². The van der Waals surface area contributed by atoms with Crippen LogP contribution in [-0.2, 0) is 9.53 Å². The molecule has 1 aliphatic rings. The van der Waals surface area contributed by atoms with E-state index in [0.717, 1.165) is 13.0 Å². The summed E-state index contributed by atoms with van der Waals surface area (Å²) in [4.78, 5) is 14.5. The van der Waals surface area contributed by atoms with Crippen molar-refractivity contribution in [3.63, 3.8) is 0 Å². The number of ether oxygens (including phenoxy) is 1. The second-order valence-electron chi connectivity index (χ2n) is 6.22. The van der Waals surface area contributed by atoms with E-state index in [1.165, 1.54) is 20.0 Å². The van der Waals surface area contributed by atoms with Crippen molar-refractivity contribution >= 4 is 5.97 Å². The van der Waals surface area contributed by atoms with Crippen molar-refractivity contribution in [1.29, 1.82) is 0 Å². The largest absolute Gasteiger partial charge is 0.468 e. The summed E-state index contributed by atoms with van der Waals surface area (Å²) in [7, 11) is 1.47. The maximum absolute atomic E-state index is 12.1. The number of rotatable bonds is 8. The van der Waals surface area contributed by atoms with E-state index in [1.54, 1.807) is 0 Å². The highest BCUT2D eigenvalue weighted by molar-refractivity contribution is 5.80. The summed E-state index contributed by atoms with van der Waals surface area (Å²) >= 11 is 0. The molecule has 4 heteroatoms. The first-order valence-electron chi connectivity index (χ1n) is 7.46. The fourth-order valence-corrected chi connectivity index (χ4v) is 3.00. The van der Waals surface area contributed by atoms with Crippen LogP contribution in [0.1, 0.15) is 53.9 Å². The molecule has 4 nitrogen and oxygen atoms in total. The molecule has 0 aromatic carbocycles. The minimum atomic E-state index is -0.572. The molecule has 1 rings (SSSR count). The van der Waals surface area contributed by atoms with E-state index < -0.39 is 5.54 Å². The molecule has 1 N–H and O–H groups in total. The molecular formula is C15H30N2O2. The van der Waals surface area contributed by atoms with E-state index in [-0.39, 0.29) is 5.97 Å². The lowest BCUT2D eigenvalue weighted by Crippen LogP contribution is -2.55. The first-order chi connectivity index (χ1) is 8.84. The fourth-order valence-electron chi connectivity index (χ4n) is 3.00. The summed E-state index contributed by atoms with van der Waals surface area (Å²) in [5, 5.41) is 3.47. The lowest BCUT2D eigenvalue weighted by molar-refractivity contribution is -0.149. The highest BCUT2D eigenvalue weighted by Gasteiger charge is 2.41. The number of hydrogen-bond acceptors (Lipinski definition) is 4. The molecule has 112 valence electrons. The molecule has 1 saturated carbocycles. The predicted molar refractivity (Wildman–Crippen MR) is 78.2 cm³/mol. The quantitative estimate of drug-likeness (QED) is 0.686. The second-order valence-corrected chi connectivity index (χ2v) is 6.22. The summed E-state index contributed by atoms with van der Waals surface area (Å²) in [6.45, 7) is 11.7. The maximum atomic E-state index is 12.1. The zero-order chi connectivity index (χ0) is 14.6. The van der Waals surface area contributed by atoms with Crippen LogP contribution in [-0.4, -0.2) is 48.2 Å². The Morgan fingerprint density at radius 2 is 2.00 bits per heavy atom. The maximum Gasteiger partial charge on any atom is 0.325 e. The highest BCUT2D eigenvalue weighted by atomic mass is 16.5. The standard InChI is InChI=1S/C15H30N2O2/c1-7-17(11(2)3)12(4)10-15(5,14(18)19-6)16-13-8-9-13/h11-13,16H,7-10H2,1-6H3. The summed E-state index contributed by atoms with van der Waals surface area (Å²) < 4.78 is 5.00. The zero-order valence-electron chi connectivity index (χ0n) is 13.3. The number of nitrogens with zero attached hydrogens (tertiary/aromatic N) is 1. The molecule has 0 aliphatic heterocycles. The number of esters is 1. The van der Waals surface area contributed by atoms with Crippen LogP contribution in [0.4, 0.5) is 0 Å².